The predicted octanol–water partition coefficient (Wildman–Crippen LogP) is 0.607. The SMILES string of the molecule is N[C@@H](Cc1c[nH]cn1)C(=O)NC[C@@H](O)CP(=O)(O)CC1CCCCC1. The van der Waals surface area contributed by atoms with Crippen LogP contribution in [0.15, 0.2) is 12.5 Å². The maximum Gasteiger partial charge on any atom is 0.237 e. The van der Waals surface area contributed by atoms with Crippen LogP contribution in [-0.2, 0) is 15.8 Å². The van der Waals surface area contributed by atoms with Crippen molar-refractivity contribution in [2.24, 2.45) is 11.7 Å². The number of carbonyl (C=O) groups is 1. The maximum atomic E-state index is 12.3. The van der Waals surface area contributed by atoms with Crippen LogP contribution in [0, 0.1) is 5.92 Å². The number of hydrogen-bond acceptors (Lipinski definition) is 5. The van der Waals surface area contributed by atoms with Gasteiger partial charge in [-0.2, -0.15) is 0 Å². The van der Waals surface area contributed by atoms with Gasteiger partial charge in [0.25, 0.3) is 0 Å². The molecule has 0 saturated heterocycles. The number of rotatable bonds is 9. The molecule has 0 aromatic carbocycles. The number of nitrogens with two attached hydrogens (primary N) is 1. The maximum absolute atomic E-state index is 12.3. The second-order valence-corrected chi connectivity index (χ2v) is 9.41. The van der Waals surface area contributed by atoms with Crippen LogP contribution in [-0.4, -0.2) is 56.9 Å². The van der Waals surface area contributed by atoms with Gasteiger partial charge in [0, 0.05) is 25.3 Å². The fraction of sp³-hybridized carbons (Fsp3) is 0.750. The number of aromatic nitrogens is 2. The van der Waals surface area contributed by atoms with E-state index in [4.69, 9.17) is 5.73 Å². The molecule has 25 heavy (non-hydrogen) atoms. The molecule has 0 aliphatic heterocycles. The average molecular weight is 372 g/mol. The van der Waals surface area contributed by atoms with Crippen LogP contribution in [0.25, 0.3) is 0 Å². The Morgan fingerprint density at radius 3 is 2.80 bits per heavy atom. The van der Waals surface area contributed by atoms with E-state index in [0.29, 0.717) is 5.69 Å². The first kappa shape index (κ1) is 20.1. The fourth-order valence-corrected chi connectivity index (χ4v) is 5.42. The molecule has 1 saturated carbocycles. The molecule has 1 aromatic rings. The molecule has 8 nitrogen and oxygen atoms in total. The van der Waals surface area contributed by atoms with E-state index in [0.717, 1.165) is 25.7 Å². The van der Waals surface area contributed by atoms with Gasteiger partial charge >= 0.3 is 0 Å². The average Bonchev–Trinajstić information content (AvgIpc) is 3.05. The zero-order valence-electron chi connectivity index (χ0n) is 14.4. The Morgan fingerprint density at radius 1 is 1.44 bits per heavy atom. The molecule has 0 bridgehead atoms. The number of imidazole rings is 1. The summed E-state index contributed by atoms with van der Waals surface area (Å²) in [5, 5.41) is 12.5. The highest BCUT2D eigenvalue weighted by Gasteiger charge is 2.28. The van der Waals surface area contributed by atoms with Crippen molar-refractivity contribution in [3.63, 3.8) is 0 Å². The van der Waals surface area contributed by atoms with Gasteiger partial charge in [-0.15, -0.1) is 0 Å². The van der Waals surface area contributed by atoms with Crippen molar-refractivity contribution in [3.8, 4) is 0 Å². The Bertz CT molecular complexity index is 575. The summed E-state index contributed by atoms with van der Waals surface area (Å²) in [6, 6.07) is -0.779. The minimum Gasteiger partial charge on any atom is -0.391 e. The molecule has 1 aliphatic rings. The van der Waals surface area contributed by atoms with Crippen molar-refractivity contribution in [1.82, 2.24) is 15.3 Å². The van der Waals surface area contributed by atoms with Crippen molar-refractivity contribution >= 4 is 13.3 Å². The van der Waals surface area contributed by atoms with E-state index in [1.165, 1.54) is 12.7 Å². The van der Waals surface area contributed by atoms with Crippen LogP contribution >= 0.6 is 7.37 Å². The number of hydrogen-bond donors (Lipinski definition) is 5. The van der Waals surface area contributed by atoms with Crippen molar-refractivity contribution < 1.29 is 19.4 Å². The van der Waals surface area contributed by atoms with E-state index in [2.05, 4.69) is 15.3 Å². The molecule has 1 aromatic heterocycles. The Kier molecular flexibility index (Phi) is 7.62. The third-order valence-electron chi connectivity index (χ3n) is 4.60. The van der Waals surface area contributed by atoms with Crippen molar-refractivity contribution in [3.05, 3.63) is 18.2 Å². The van der Waals surface area contributed by atoms with Gasteiger partial charge in [0.15, 0.2) is 0 Å². The standard InChI is InChI=1S/C16H29N4O4P/c17-15(6-13-7-18-11-20-13)16(22)19-8-14(21)10-25(23,24)9-12-4-2-1-3-5-12/h7,11-12,14-15,21H,1-6,8-10,17H2,(H,18,20)(H,19,22)(H,23,24)/t14-,15+/m1/s1. The predicted molar refractivity (Wildman–Crippen MR) is 95.4 cm³/mol. The van der Waals surface area contributed by atoms with E-state index in [-0.39, 0.29) is 31.2 Å². The molecule has 1 amide bonds. The lowest BCUT2D eigenvalue weighted by Crippen LogP contribution is -2.45. The first-order valence-corrected chi connectivity index (χ1v) is 10.9. The third kappa shape index (κ3) is 7.28. The van der Waals surface area contributed by atoms with Crippen LogP contribution < -0.4 is 11.1 Å². The number of H-pyrrole nitrogens is 1. The monoisotopic (exact) mass is 372 g/mol. The highest BCUT2D eigenvalue weighted by molar-refractivity contribution is 7.58. The first-order valence-electron chi connectivity index (χ1n) is 8.85. The number of carbonyl (C=O) groups excluding carboxylic acids is 1. The van der Waals surface area contributed by atoms with E-state index in [9.17, 15) is 19.4 Å². The topological polar surface area (TPSA) is 141 Å². The Labute approximate surface area is 148 Å². The quantitative estimate of drug-likeness (QED) is 0.402. The molecule has 0 radical (unpaired) electrons. The molecule has 1 heterocycles. The summed E-state index contributed by atoms with van der Waals surface area (Å²) < 4.78 is 12.3. The van der Waals surface area contributed by atoms with E-state index < -0.39 is 25.4 Å². The highest BCUT2D eigenvalue weighted by atomic mass is 31.2. The van der Waals surface area contributed by atoms with Crippen molar-refractivity contribution in [2.45, 2.75) is 50.7 Å². The molecule has 0 spiro atoms. The fourth-order valence-electron chi connectivity index (χ4n) is 3.31. The Hall–Kier alpha value is -1.21. The lowest BCUT2D eigenvalue weighted by atomic mass is 9.91. The third-order valence-corrected chi connectivity index (χ3v) is 6.68. The Balaban J connectivity index is 1.70. The molecular formula is C16H29N4O4P. The van der Waals surface area contributed by atoms with Gasteiger partial charge in [0.2, 0.25) is 13.3 Å². The molecular weight excluding hydrogens is 343 g/mol. The van der Waals surface area contributed by atoms with Gasteiger partial charge in [-0.05, 0) is 18.8 Å². The van der Waals surface area contributed by atoms with Crippen molar-refractivity contribution in [2.75, 3.05) is 18.9 Å². The van der Waals surface area contributed by atoms with E-state index in [1.54, 1.807) is 6.20 Å². The van der Waals surface area contributed by atoms with Crippen LogP contribution in [0.5, 0.6) is 0 Å². The van der Waals surface area contributed by atoms with Gasteiger partial charge in [-0.1, -0.05) is 19.3 Å². The molecule has 9 heteroatoms. The number of nitrogens with one attached hydrogen (secondary N) is 2. The molecule has 142 valence electrons. The molecule has 1 unspecified atom stereocenters. The lowest BCUT2D eigenvalue weighted by molar-refractivity contribution is -0.122. The number of aliphatic hydroxyl groups excluding tert-OH is 1. The van der Waals surface area contributed by atoms with Gasteiger partial charge in [-0.25, -0.2) is 4.98 Å². The van der Waals surface area contributed by atoms with Crippen molar-refractivity contribution in [1.29, 1.82) is 0 Å². The van der Waals surface area contributed by atoms with Crippen LogP contribution in [0.1, 0.15) is 37.8 Å². The van der Waals surface area contributed by atoms with E-state index in [1.807, 2.05) is 0 Å². The first-order chi connectivity index (χ1) is 11.9. The molecule has 1 fully saturated rings. The van der Waals surface area contributed by atoms with E-state index >= 15 is 0 Å². The second-order valence-electron chi connectivity index (χ2n) is 6.99. The summed E-state index contributed by atoms with van der Waals surface area (Å²) in [5.41, 5.74) is 6.47. The van der Waals surface area contributed by atoms with Gasteiger partial charge in [-0.3, -0.25) is 9.36 Å². The molecule has 3 atom stereocenters. The zero-order chi connectivity index (χ0) is 18.3. The normalized spacial score (nSPS) is 20.6. The van der Waals surface area contributed by atoms with Gasteiger partial charge in [0.05, 0.1) is 30.3 Å². The summed E-state index contributed by atoms with van der Waals surface area (Å²) in [6.07, 6.45) is 7.85. The largest absolute Gasteiger partial charge is 0.391 e. The van der Waals surface area contributed by atoms with Crippen LogP contribution in [0.4, 0.5) is 0 Å². The molecule has 1 aliphatic carbocycles. The van der Waals surface area contributed by atoms with Gasteiger partial charge in [0.1, 0.15) is 0 Å². The van der Waals surface area contributed by atoms with Gasteiger partial charge < -0.3 is 26.0 Å². The zero-order valence-corrected chi connectivity index (χ0v) is 15.3. The number of aromatic amines is 1. The van der Waals surface area contributed by atoms with Crippen LogP contribution in [0.2, 0.25) is 0 Å². The molecule has 6 N–H and O–H groups in total. The highest BCUT2D eigenvalue weighted by Crippen LogP contribution is 2.45. The minimum absolute atomic E-state index is 0.0810. The Morgan fingerprint density at radius 2 is 2.16 bits per heavy atom. The molecule has 2 rings (SSSR count). The number of nitrogens with zero attached hydrogens (tertiary/aromatic N) is 1. The summed E-state index contributed by atoms with van der Waals surface area (Å²) in [4.78, 5) is 28.9. The van der Waals surface area contributed by atoms with Crippen LogP contribution in [0.3, 0.4) is 0 Å². The summed E-state index contributed by atoms with van der Waals surface area (Å²) in [7, 11) is -3.39. The second kappa shape index (κ2) is 9.48. The number of aliphatic hydroxyl groups is 1. The smallest absolute Gasteiger partial charge is 0.237 e. The summed E-state index contributed by atoms with van der Waals surface area (Å²) >= 11 is 0. The summed E-state index contributed by atoms with van der Waals surface area (Å²) in [6.45, 7) is -0.0810. The number of amides is 1. The minimum atomic E-state index is -3.39. The lowest BCUT2D eigenvalue weighted by Gasteiger charge is -2.25. The summed E-state index contributed by atoms with van der Waals surface area (Å²) in [5.74, 6) is -0.143.